The van der Waals surface area contributed by atoms with Crippen LogP contribution in [0, 0.1) is 0 Å². The summed E-state index contributed by atoms with van der Waals surface area (Å²) in [5.74, 6) is 0. The van der Waals surface area contributed by atoms with E-state index < -0.39 is 0 Å². The van der Waals surface area contributed by atoms with Gasteiger partial charge in [0.1, 0.15) is 0 Å². The molecule has 20 heavy (non-hydrogen) atoms. The number of hydrogen-bond acceptors (Lipinski definition) is 2. The lowest BCUT2D eigenvalue weighted by Crippen LogP contribution is -2.31. The van der Waals surface area contributed by atoms with Gasteiger partial charge in [-0.25, -0.2) is 0 Å². The zero-order valence-electron chi connectivity index (χ0n) is 12.5. The molecule has 0 radical (unpaired) electrons. The number of anilines is 1. The maximum atomic E-state index is 4.58. The first-order valence-electron chi connectivity index (χ1n) is 6.99. The Bertz CT molecular complexity index is 696. The summed E-state index contributed by atoms with van der Waals surface area (Å²) >= 11 is 0. The minimum absolute atomic E-state index is 0.00697. The van der Waals surface area contributed by atoms with Crippen LogP contribution in [-0.2, 0) is 5.41 Å². The van der Waals surface area contributed by atoms with Crippen molar-refractivity contribution >= 4 is 11.4 Å². The molecule has 2 aromatic rings. The third kappa shape index (κ3) is 1.61. The van der Waals surface area contributed by atoms with Crippen LogP contribution in [0.1, 0.15) is 36.1 Å². The molecule has 0 fully saturated rings. The lowest BCUT2D eigenvalue weighted by Gasteiger charge is -2.36. The van der Waals surface area contributed by atoms with Crippen LogP contribution in [-0.4, -0.2) is 19.8 Å². The highest BCUT2D eigenvalue weighted by atomic mass is 14.8. The molecule has 1 aliphatic carbocycles. The third-order valence-electron chi connectivity index (χ3n) is 4.32. The first kappa shape index (κ1) is 12.9. The summed E-state index contributed by atoms with van der Waals surface area (Å²) in [6.07, 6.45) is 0. The summed E-state index contributed by atoms with van der Waals surface area (Å²) in [5, 5.41) is 3.31. The Morgan fingerprint density at radius 3 is 2.35 bits per heavy atom. The Morgan fingerprint density at radius 2 is 1.65 bits per heavy atom. The molecule has 0 unspecified atom stereocenters. The van der Waals surface area contributed by atoms with Gasteiger partial charge in [-0.05, 0) is 17.2 Å². The smallest absolute Gasteiger partial charge is 0.0742 e. The monoisotopic (exact) mass is 264 g/mol. The third-order valence-corrected chi connectivity index (χ3v) is 4.32. The minimum Gasteiger partial charge on any atom is -0.388 e. The molecule has 0 atom stereocenters. The van der Waals surface area contributed by atoms with Gasteiger partial charge in [-0.2, -0.15) is 0 Å². The van der Waals surface area contributed by atoms with Crippen molar-refractivity contribution in [2.24, 2.45) is 4.99 Å². The summed E-state index contributed by atoms with van der Waals surface area (Å²) in [5.41, 5.74) is 7.39. The van der Waals surface area contributed by atoms with Crippen molar-refractivity contribution in [2.75, 3.05) is 19.4 Å². The molecule has 2 nitrogen and oxygen atoms in total. The number of rotatable bonds is 1. The maximum absolute atomic E-state index is 4.58. The number of nitrogens with one attached hydrogen (secondary N) is 1. The molecule has 2 heteroatoms. The molecule has 1 aliphatic rings. The van der Waals surface area contributed by atoms with E-state index in [0.717, 1.165) is 11.4 Å². The predicted octanol–water partition coefficient (Wildman–Crippen LogP) is 3.83. The summed E-state index contributed by atoms with van der Waals surface area (Å²) < 4.78 is 0. The highest BCUT2D eigenvalue weighted by Gasteiger charge is 2.36. The molecule has 102 valence electrons. The van der Waals surface area contributed by atoms with Crippen molar-refractivity contribution in [1.82, 2.24) is 0 Å². The van der Waals surface area contributed by atoms with Gasteiger partial charge in [0.05, 0.1) is 5.71 Å². The molecule has 0 bridgehead atoms. The second-order valence-electron chi connectivity index (χ2n) is 5.72. The Morgan fingerprint density at radius 1 is 0.950 bits per heavy atom. The average Bonchev–Trinajstić information content (AvgIpc) is 2.47. The van der Waals surface area contributed by atoms with E-state index in [9.17, 15) is 0 Å². The highest BCUT2D eigenvalue weighted by molar-refractivity contribution is 6.19. The highest BCUT2D eigenvalue weighted by Crippen LogP contribution is 2.43. The predicted molar refractivity (Wildman–Crippen MR) is 86.1 cm³/mol. The molecule has 0 heterocycles. The second kappa shape index (κ2) is 4.48. The normalized spacial score (nSPS) is 17.5. The van der Waals surface area contributed by atoms with Crippen LogP contribution in [0.25, 0.3) is 0 Å². The Kier molecular flexibility index (Phi) is 2.89. The van der Waals surface area contributed by atoms with Crippen LogP contribution in [0.2, 0.25) is 0 Å². The van der Waals surface area contributed by atoms with E-state index in [1.807, 2.05) is 14.1 Å². The van der Waals surface area contributed by atoms with Gasteiger partial charge in [0.2, 0.25) is 0 Å². The standard InChI is InChI=1S/C18H20N2/c1-18(2)13-9-6-5-8-12(13)17(20-4)16-14(18)10-7-11-15(16)19-3/h5-11,19H,1-4H3. The van der Waals surface area contributed by atoms with Crippen LogP contribution in [0.5, 0.6) is 0 Å². The van der Waals surface area contributed by atoms with E-state index in [-0.39, 0.29) is 5.41 Å². The van der Waals surface area contributed by atoms with Gasteiger partial charge in [-0.3, -0.25) is 4.99 Å². The quantitative estimate of drug-likeness (QED) is 0.831. The van der Waals surface area contributed by atoms with E-state index in [1.54, 1.807) is 0 Å². The second-order valence-corrected chi connectivity index (χ2v) is 5.72. The molecule has 0 spiro atoms. The minimum atomic E-state index is -0.00697. The SMILES string of the molecule is CN=C1c2ccccc2C(C)(C)c2cccc(NC)c21. The Labute approximate surface area is 120 Å². The number of benzene rings is 2. The van der Waals surface area contributed by atoms with Crippen LogP contribution >= 0.6 is 0 Å². The van der Waals surface area contributed by atoms with E-state index in [4.69, 9.17) is 0 Å². The summed E-state index contributed by atoms with van der Waals surface area (Å²) in [6.45, 7) is 4.58. The van der Waals surface area contributed by atoms with Crippen molar-refractivity contribution in [3.8, 4) is 0 Å². The van der Waals surface area contributed by atoms with Crippen molar-refractivity contribution in [3.63, 3.8) is 0 Å². The lowest BCUT2D eigenvalue weighted by atomic mass is 9.68. The summed E-state index contributed by atoms with van der Waals surface area (Å²) in [7, 11) is 3.84. The zero-order chi connectivity index (χ0) is 14.3. The molecular formula is C18H20N2. The maximum Gasteiger partial charge on any atom is 0.0742 e. The van der Waals surface area contributed by atoms with Crippen molar-refractivity contribution in [3.05, 3.63) is 64.7 Å². The number of hydrogen-bond donors (Lipinski definition) is 1. The van der Waals surface area contributed by atoms with E-state index in [2.05, 4.69) is 66.6 Å². The molecule has 0 amide bonds. The Hall–Kier alpha value is -2.09. The van der Waals surface area contributed by atoms with Gasteiger partial charge in [0.25, 0.3) is 0 Å². The van der Waals surface area contributed by atoms with Crippen molar-refractivity contribution in [1.29, 1.82) is 0 Å². The van der Waals surface area contributed by atoms with Crippen molar-refractivity contribution in [2.45, 2.75) is 19.3 Å². The molecule has 3 rings (SSSR count). The summed E-state index contributed by atoms with van der Waals surface area (Å²) in [4.78, 5) is 4.58. The molecule has 2 aromatic carbocycles. The lowest BCUT2D eigenvalue weighted by molar-refractivity contribution is 0.633. The number of nitrogens with zero attached hydrogens (tertiary/aromatic N) is 1. The molecule has 0 aromatic heterocycles. The topological polar surface area (TPSA) is 24.4 Å². The fourth-order valence-electron chi connectivity index (χ4n) is 3.28. The molecule has 0 saturated carbocycles. The number of fused-ring (bicyclic) bond motifs is 2. The molecular weight excluding hydrogens is 244 g/mol. The van der Waals surface area contributed by atoms with Crippen LogP contribution < -0.4 is 5.32 Å². The fourth-order valence-corrected chi connectivity index (χ4v) is 3.28. The first-order chi connectivity index (χ1) is 9.61. The van der Waals surface area contributed by atoms with E-state index in [0.29, 0.717) is 0 Å². The Balaban J connectivity index is 2.42. The van der Waals surface area contributed by atoms with E-state index >= 15 is 0 Å². The van der Waals surface area contributed by atoms with Gasteiger partial charge in [-0.15, -0.1) is 0 Å². The van der Waals surface area contributed by atoms with Gasteiger partial charge in [-0.1, -0.05) is 50.2 Å². The van der Waals surface area contributed by atoms with Crippen LogP contribution in [0.15, 0.2) is 47.5 Å². The molecule has 1 N–H and O–H groups in total. The van der Waals surface area contributed by atoms with Gasteiger partial charge >= 0.3 is 0 Å². The van der Waals surface area contributed by atoms with Gasteiger partial charge in [0.15, 0.2) is 0 Å². The molecule has 0 saturated heterocycles. The van der Waals surface area contributed by atoms with Crippen molar-refractivity contribution < 1.29 is 0 Å². The molecule has 0 aliphatic heterocycles. The zero-order valence-corrected chi connectivity index (χ0v) is 12.5. The number of aliphatic imine (C=N–C) groups is 1. The van der Waals surface area contributed by atoms with E-state index in [1.165, 1.54) is 22.3 Å². The van der Waals surface area contributed by atoms with Gasteiger partial charge in [0, 0.05) is 36.3 Å². The summed E-state index contributed by atoms with van der Waals surface area (Å²) in [6, 6.07) is 15.1. The average molecular weight is 264 g/mol. The largest absolute Gasteiger partial charge is 0.388 e. The van der Waals surface area contributed by atoms with Crippen LogP contribution in [0.4, 0.5) is 5.69 Å². The van der Waals surface area contributed by atoms with Crippen LogP contribution in [0.3, 0.4) is 0 Å². The van der Waals surface area contributed by atoms with Gasteiger partial charge < -0.3 is 5.32 Å². The fraction of sp³-hybridized carbons (Fsp3) is 0.278. The first-order valence-corrected chi connectivity index (χ1v) is 6.99.